The lowest BCUT2D eigenvalue weighted by atomic mass is 10.1. The van der Waals surface area contributed by atoms with Crippen molar-refractivity contribution in [3.63, 3.8) is 0 Å². The first-order valence-corrected chi connectivity index (χ1v) is 11.7. The Bertz CT molecular complexity index is 1060. The van der Waals surface area contributed by atoms with E-state index in [1.54, 1.807) is 13.2 Å². The molecule has 7 heteroatoms. The number of hydrogen-bond donors (Lipinski definition) is 0. The lowest BCUT2D eigenvalue weighted by Gasteiger charge is -2.38. The maximum atomic E-state index is 13.3. The number of carbonyl (C=O) groups excluding carboxylic acids is 3. The van der Waals surface area contributed by atoms with Gasteiger partial charge in [0.15, 0.2) is 6.10 Å². The van der Waals surface area contributed by atoms with Crippen molar-refractivity contribution < 1.29 is 19.1 Å². The highest BCUT2D eigenvalue weighted by atomic mass is 16.5. The smallest absolute Gasteiger partial charge is 0.263 e. The number of methoxy groups -OCH3 is 1. The molecule has 33 heavy (non-hydrogen) atoms. The average Bonchev–Trinajstić information content (AvgIpc) is 3.47. The van der Waals surface area contributed by atoms with Gasteiger partial charge in [0.05, 0.1) is 16.8 Å². The first-order valence-electron chi connectivity index (χ1n) is 11.7. The highest BCUT2D eigenvalue weighted by Crippen LogP contribution is 2.36. The summed E-state index contributed by atoms with van der Waals surface area (Å²) in [5.74, 6) is -0.386. The Morgan fingerprint density at radius 2 is 1.61 bits per heavy atom. The number of amides is 3. The second kappa shape index (κ2) is 8.98. The van der Waals surface area contributed by atoms with Crippen molar-refractivity contribution in [2.45, 2.75) is 37.8 Å². The van der Waals surface area contributed by atoms with Gasteiger partial charge in [0, 0.05) is 39.3 Å². The summed E-state index contributed by atoms with van der Waals surface area (Å²) in [5, 5.41) is 0. The third-order valence-corrected chi connectivity index (χ3v) is 7.11. The maximum absolute atomic E-state index is 13.3. The lowest BCUT2D eigenvalue weighted by Crippen LogP contribution is -2.50. The SMILES string of the molecule is CO[C@H](C(=O)N1CCN(c2cccc3c2C(=O)N(C2CCCC2)C3=O)CC1)c1ccccc1. The zero-order valence-corrected chi connectivity index (χ0v) is 18.9. The zero-order chi connectivity index (χ0) is 22.9. The molecule has 2 fully saturated rings. The minimum absolute atomic E-state index is 0.0173. The number of fused-ring (bicyclic) bond motifs is 1. The van der Waals surface area contributed by atoms with Crippen LogP contribution in [-0.4, -0.2) is 66.9 Å². The Labute approximate surface area is 193 Å². The molecule has 1 saturated carbocycles. The normalized spacial score (nSPS) is 19.8. The number of imide groups is 1. The lowest BCUT2D eigenvalue weighted by molar-refractivity contribution is -0.142. The molecule has 1 atom stereocenters. The van der Waals surface area contributed by atoms with Crippen LogP contribution in [-0.2, 0) is 9.53 Å². The molecule has 1 saturated heterocycles. The van der Waals surface area contributed by atoms with Crippen LogP contribution < -0.4 is 4.90 Å². The summed E-state index contributed by atoms with van der Waals surface area (Å²) in [7, 11) is 1.55. The Morgan fingerprint density at radius 1 is 0.909 bits per heavy atom. The van der Waals surface area contributed by atoms with Crippen LogP contribution in [0.3, 0.4) is 0 Å². The van der Waals surface area contributed by atoms with E-state index in [0.717, 1.165) is 36.9 Å². The van der Waals surface area contributed by atoms with Gasteiger partial charge in [0.2, 0.25) is 0 Å². The third kappa shape index (κ3) is 3.80. The third-order valence-electron chi connectivity index (χ3n) is 7.11. The predicted molar refractivity (Wildman–Crippen MR) is 124 cm³/mol. The molecule has 2 aromatic carbocycles. The fourth-order valence-electron chi connectivity index (χ4n) is 5.38. The number of anilines is 1. The van der Waals surface area contributed by atoms with Crippen molar-refractivity contribution in [1.82, 2.24) is 9.80 Å². The molecule has 0 unspecified atom stereocenters. The summed E-state index contributed by atoms with van der Waals surface area (Å²) in [6, 6.07) is 15.1. The van der Waals surface area contributed by atoms with E-state index in [9.17, 15) is 14.4 Å². The van der Waals surface area contributed by atoms with E-state index in [1.807, 2.05) is 47.4 Å². The number of piperazine rings is 1. The Morgan fingerprint density at radius 3 is 2.27 bits per heavy atom. The van der Waals surface area contributed by atoms with Gasteiger partial charge in [-0.3, -0.25) is 19.3 Å². The van der Waals surface area contributed by atoms with Crippen molar-refractivity contribution in [3.8, 4) is 0 Å². The van der Waals surface area contributed by atoms with Gasteiger partial charge < -0.3 is 14.5 Å². The monoisotopic (exact) mass is 447 g/mol. The van der Waals surface area contributed by atoms with Crippen LogP contribution in [0.5, 0.6) is 0 Å². The molecule has 5 rings (SSSR count). The van der Waals surface area contributed by atoms with Gasteiger partial charge in [-0.1, -0.05) is 49.2 Å². The van der Waals surface area contributed by atoms with Crippen LogP contribution in [0.1, 0.15) is 58.1 Å². The highest BCUT2D eigenvalue weighted by Gasteiger charge is 2.43. The molecular weight excluding hydrogens is 418 g/mol. The van der Waals surface area contributed by atoms with Gasteiger partial charge in [0.25, 0.3) is 17.7 Å². The van der Waals surface area contributed by atoms with Gasteiger partial charge in [-0.15, -0.1) is 0 Å². The van der Waals surface area contributed by atoms with Crippen LogP contribution >= 0.6 is 0 Å². The summed E-state index contributed by atoms with van der Waals surface area (Å²) in [6.45, 7) is 2.25. The molecule has 0 N–H and O–H groups in total. The minimum atomic E-state index is -0.627. The fourth-order valence-corrected chi connectivity index (χ4v) is 5.38. The summed E-state index contributed by atoms with van der Waals surface area (Å²) >= 11 is 0. The second-order valence-corrected chi connectivity index (χ2v) is 8.96. The summed E-state index contributed by atoms with van der Waals surface area (Å²) < 4.78 is 5.52. The van der Waals surface area contributed by atoms with Crippen molar-refractivity contribution in [3.05, 3.63) is 65.2 Å². The van der Waals surface area contributed by atoms with Gasteiger partial charge in [-0.05, 0) is 30.5 Å². The van der Waals surface area contributed by atoms with E-state index in [4.69, 9.17) is 4.74 Å². The number of rotatable bonds is 5. The topological polar surface area (TPSA) is 70.2 Å². The van der Waals surface area contributed by atoms with Crippen LogP contribution in [0.4, 0.5) is 5.69 Å². The average molecular weight is 448 g/mol. The first-order chi connectivity index (χ1) is 16.1. The van der Waals surface area contributed by atoms with Crippen LogP contribution in [0.2, 0.25) is 0 Å². The van der Waals surface area contributed by atoms with E-state index >= 15 is 0 Å². The maximum Gasteiger partial charge on any atom is 0.263 e. The van der Waals surface area contributed by atoms with Crippen LogP contribution in [0.25, 0.3) is 0 Å². The molecule has 2 aliphatic heterocycles. The molecular formula is C26H29N3O4. The summed E-state index contributed by atoms with van der Waals surface area (Å²) in [4.78, 5) is 44.9. The number of hydrogen-bond acceptors (Lipinski definition) is 5. The quantitative estimate of drug-likeness (QED) is 0.658. The van der Waals surface area contributed by atoms with Crippen molar-refractivity contribution in [2.24, 2.45) is 0 Å². The zero-order valence-electron chi connectivity index (χ0n) is 18.9. The molecule has 7 nitrogen and oxygen atoms in total. The van der Waals surface area contributed by atoms with Crippen molar-refractivity contribution in [2.75, 3.05) is 38.2 Å². The molecule has 0 spiro atoms. The van der Waals surface area contributed by atoms with Crippen molar-refractivity contribution in [1.29, 1.82) is 0 Å². The number of nitrogens with zero attached hydrogens (tertiary/aromatic N) is 3. The number of carbonyl (C=O) groups is 3. The summed E-state index contributed by atoms with van der Waals surface area (Å²) in [6.07, 6.45) is 3.28. The molecule has 0 radical (unpaired) electrons. The molecule has 0 bridgehead atoms. The minimum Gasteiger partial charge on any atom is -0.367 e. The molecule has 3 aliphatic rings. The molecule has 1 aliphatic carbocycles. The van der Waals surface area contributed by atoms with Crippen LogP contribution in [0, 0.1) is 0 Å². The van der Waals surface area contributed by atoms with Gasteiger partial charge in [-0.25, -0.2) is 0 Å². The Hall–Kier alpha value is -3.19. The molecule has 3 amide bonds. The Kier molecular flexibility index (Phi) is 5.89. The standard InChI is InChI=1S/C26H29N3O4/c1-33-23(18-8-3-2-4-9-18)26(32)28-16-14-27(15-17-28)21-13-7-12-20-22(21)25(31)29(24(20)30)19-10-5-6-11-19/h2-4,7-9,12-13,19,23H,5-6,10-11,14-17H2,1H3/t23-/m0/s1. The molecule has 2 aromatic rings. The molecule has 0 aromatic heterocycles. The Balaban J connectivity index is 1.31. The highest BCUT2D eigenvalue weighted by molar-refractivity contribution is 6.24. The number of benzene rings is 2. The van der Waals surface area contributed by atoms with Crippen molar-refractivity contribution >= 4 is 23.4 Å². The summed E-state index contributed by atoms with van der Waals surface area (Å²) in [5.41, 5.74) is 2.66. The number of ether oxygens (including phenoxy) is 1. The second-order valence-electron chi connectivity index (χ2n) is 8.96. The first kappa shape index (κ1) is 21.6. The van der Waals surface area contributed by atoms with E-state index < -0.39 is 6.10 Å². The van der Waals surface area contributed by atoms with E-state index in [2.05, 4.69) is 4.90 Å². The van der Waals surface area contributed by atoms with Gasteiger partial charge in [0.1, 0.15) is 0 Å². The van der Waals surface area contributed by atoms with E-state index in [1.165, 1.54) is 4.90 Å². The predicted octanol–water partition coefficient (Wildman–Crippen LogP) is 3.26. The van der Waals surface area contributed by atoms with Gasteiger partial charge >= 0.3 is 0 Å². The molecule has 172 valence electrons. The van der Waals surface area contributed by atoms with E-state index in [0.29, 0.717) is 37.3 Å². The van der Waals surface area contributed by atoms with Gasteiger partial charge in [-0.2, -0.15) is 0 Å². The molecule has 2 heterocycles. The fraction of sp³-hybridized carbons (Fsp3) is 0.423. The van der Waals surface area contributed by atoms with Crippen LogP contribution in [0.15, 0.2) is 48.5 Å². The van der Waals surface area contributed by atoms with E-state index in [-0.39, 0.29) is 23.8 Å². The largest absolute Gasteiger partial charge is 0.367 e.